The van der Waals surface area contributed by atoms with Gasteiger partial charge in [-0.15, -0.1) is 0 Å². The molecule has 0 N–H and O–H groups in total. The summed E-state index contributed by atoms with van der Waals surface area (Å²) in [6.45, 7) is 1.44. The Hall–Kier alpha value is -2.04. The molecule has 0 saturated heterocycles. The van der Waals surface area contributed by atoms with Crippen LogP contribution in [0, 0.1) is 10.1 Å². The zero-order valence-electron chi connectivity index (χ0n) is 9.39. The van der Waals surface area contributed by atoms with Gasteiger partial charge in [0.25, 0.3) is 0 Å². The lowest BCUT2D eigenvalue weighted by molar-refractivity contribution is -0.422. The number of hydrogen-bond acceptors (Lipinski definition) is 4. The summed E-state index contributed by atoms with van der Waals surface area (Å²) in [5, 5.41) is 10.5. The number of methoxy groups -OCH3 is 2. The van der Waals surface area contributed by atoms with Crippen LogP contribution in [0.5, 0.6) is 11.5 Å². The Balaban J connectivity index is 3.13. The predicted molar refractivity (Wildman–Crippen MR) is 60.2 cm³/mol. The fourth-order valence-electron chi connectivity index (χ4n) is 1.21. The first-order valence-corrected chi connectivity index (χ1v) is 4.62. The Bertz CT molecular complexity index is 404. The van der Waals surface area contributed by atoms with Gasteiger partial charge in [0.15, 0.2) is 0 Å². The first kappa shape index (κ1) is 12.0. The minimum absolute atomic E-state index is 0.0651. The molecule has 0 unspecified atom stereocenters. The van der Waals surface area contributed by atoms with E-state index in [0.29, 0.717) is 17.1 Å². The van der Waals surface area contributed by atoms with Crippen molar-refractivity contribution in [1.29, 1.82) is 0 Å². The second kappa shape index (κ2) is 5.16. The number of hydrogen-bond donors (Lipinski definition) is 0. The lowest BCUT2D eigenvalue weighted by Gasteiger charge is -2.05. The summed E-state index contributed by atoms with van der Waals surface area (Å²) in [4.78, 5) is 10.0. The third-order valence-corrected chi connectivity index (χ3v) is 2.04. The molecule has 0 aliphatic heterocycles. The van der Waals surface area contributed by atoms with Crippen LogP contribution in [0.4, 0.5) is 0 Å². The molecule has 0 spiro atoms. The highest BCUT2D eigenvalue weighted by Crippen LogP contribution is 2.23. The lowest BCUT2D eigenvalue weighted by atomic mass is 10.1. The van der Waals surface area contributed by atoms with Crippen LogP contribution in [0.15, 0.2) is 23.9 Å². The summed E-state index contributed by atoms with van der Waals surface area (Å²) < 4.78 is 10.1. The maximum atomic E-state index is 10.5. The quantitative estimate of drug-likeness (QED) is 0.580. The van der Waals surface area contributed by atoms with E-state index in [2.05, 4.69) is 0 Å². The van der Waals surface area contributed by atoms with Crippen LogP contribution in [-0.4, -0.2) is 19.1 Å². The molecule has 5 heteroatoms. The Morgan fingerprint density at radius 2 is 1.75 bits per heavy atom. The minimum Gasteiger partial charge on any atom is -0.497 e. The molecule has 16 heavy (non-hydrogen) atoms. The van der Waals surface area contributed by atoms with Gasteiger partial charge in [0.05, 0.1) is 19.1 Å². The highest BCUT2D eigenvalue weighted by Gasteiger charge is 2.05. The van der Waals surface area contributed by atoms with Crippen LogP contribution < -0.4 is 9.47 Å². The van der Waals surface area contributed by atoms with Crippen LogP contribution >= 0.6 is 0 Å². The van der Waals surface area contributed by atoms with E-state index in [1.54, 1.807) is 18.2 Å². The van der Waals surface area contributed by atoms with Gasteiger partial charge in [0, 0.05) is 19.1 Å². The van der Waals surface area contributed by atoms with Gasteiger partial charge < -0.3 is 9.47 Å². The maximum absolute atomic E-state index is 10.5. The van der Waals surface area contributed by atoms with Gasteiger partial charge in [0.2, 0.25) is 5.70 Å². The van der Waals surface area contributed by atoms with Crippen molar-refractivity contribution in [2.45, 2.75) is 6.92 Å². The molecule has 0 aromatic heterocycles. The zero-order chi connectivity index (χ0) is 12.1. The van der Waals surface area contributed by atoms with Crippen LogP contribution in [0.2, 0.25) is 0 Å². The van der Waals surface area contributed by atoms with E-state index in [4.69, 9.17) is 9.47 Å². The fourth-order valence-corrected chi connectivity index (χ4v) is 1.21. The first-order valence-electron chi connectivity index (χ1n) is 4.62. The standard InChI is InChI=1S/C11H13NO4/c1-8(12(13)14)4-9-5-10(15-2)7-11(6-9)16-3/h4-7H,1-3H3. The number of benzene rings is 1. The van der Waals surface area contributed by atoms with Crippen LogP contribution in [0.25, 0.3) is 6.08 Å². The lowest BCUT2D eigenvalue weighted by Crippen LogP contribution is -1.94. The summed E-state index contributed by atoms with van der Waals surface area (Å²) in [6.07, 6.45) is 1.46. The fraction of sp³-hybridized carbons (Fsp3) is 0.273. The molecule has 5 nitrogen and oxygen atoms in total. The van der Waals surface area contributed by atoms with Crippen molar-refractivity contribution in [2.75, 3.05) is 14.2 Å². The summed E-state index contributed by atoms with van der Waals surface area (Å²) in [5.41, 5.74) is 0.737. The van der Waals surface area contributed by atoms with Crippen molar-refractivity contribution in [3.05, 3.63) is 39.6 Å². The third-order valence-electron chi connectivity index (χ3n) is 2.04. The van der Waals surface area contributed by atoms with Gasteiger partial charge in [0.1, 0.15) is 11.5 Å². The molecule has 0 saturated carbocycles. The molecular weight excluding hydrogens is 210 g/mol. The van der Waals surface area contributed by atoms with Crippen molar-refractivity contribution in [3.63, 3.8) is 0 Å². The SMILES string of the molecule is COc1cc(C=C(C)[N+](=O)[O-])cc(OC)c1. The van der Waals surface area contributed by atoms with Gasteiger partial charge in [-0.2, -0.15) is 0 Å². The number of rotatable bonds is 4. The van der Waals surface area contributed by atoms with Crippen LogP contribution in [-0.2, 0) is 0 Å². The van der Waals surface area contributed by atoms with Crippen molar-refractivity contribution >= 4 is 6.08 Å². The van der Waals surface area contributed by atoms with Gasteiger partial charge in [-0.05, 0) is 17.7 Å². The molecule has 0 radical (unpaired) electrons. The zero-order valence-corrected chi connectivity index (χ0v) is 9.39. The Morgan fingerprint density at radius 1 is 1.25 bits per heavy atom. The molecule has 1 aromatic rings. The third kappa shape index (κ3) is 2.98. The van der Waals surface area contributed by atoms with Crippen molar-refractivity contribution < 1.29 is 14.4 Å². The summed E-state index contributed by atoms with van der Waals surface area (Å²) >= 11 is 0. The Morgan fingerprint density at radius 3 is 2.12 bits per heavy atom. The van der Waals surface area contributed by atoms with Crippen LogP contribution in [0.1, 0.15) is 12.5 Å². The summed E-state index contributed by atoms with van der Waals surface area (Å²) in [6, 6.07) is 5.11. The molecule has 1 aromatic carbocycles. The van der Waals surface area contributed by atoms with E-state index in [0.717, 1.165) is 0 Å². The minimum atomic E-state index is -0.439. The van der Waals surface area contributed by atoms with Gasteiger partial charge in [-0.25, -0.2) is 0 Å². The summed E-state index contributed by atoms with van der Waals surface area (Å²) in [5.74, 6) is 1.20. The van der Waals surface area contributed by atoms with Gasteiger partial charge in [-0.3, -0.25) is 10.1 Å². The molecule has 0 atom stereocenters. The Labute approximate surface area is 93.4 Å². The second-order valence-corrected chi connectivity index (χ2v) is 3.19. The van der Waals surface area contributed by atoms with E-state index in [1.807, 2.05) is 0 Å². The first-order chi connectivity index (χ1) is 7.56. The van der Waals surface area contributed by atoms with E-state index < -0.39 is 4.92 Å². The van der Waals surface area contributed by atoms with Gasteiger partial charge >= 0.3 is 0 Å². The van der Waals surface area contributed by atoms with Crippen LogP contribution in [0.3, 0.4) is 0 Å². The highest BCUT2D eigenvalue weighted by molar-refractivity contribution is 5.56. The predicted octanol–water partition coefficient (Wildman–Crippen LogP) is 2.34. The average molecular weight is 223 g/mol. The molecule has 86 valence electrons. The topological polar surface area (TPSA) is 61.6 Å². The van der Waals surface area contributed by atoms with E-state index in [9.17, 15) is 10.1 Å². The highest BCUT2D eigenvalue weighted by atomic mass is 16.6. The van der Waals surface area contributed by atoms with Crippen molar-refractivity contribution in [3.8, 4) is 11.5 Å². The number of allylic oxidation sites excluding steroid dienone is 1. The Kier molecular flexibility index (Phi) is 3.88. The van der Waals surface area contributed by atoms with Crippen molar-refractivity contribution in [1.82, 2.24) is 0 Å². The monoisotopic (exact) mass is 223 g/mol. The molecule has 0 aliphatic rings. The van der Waals surface area contributed by atoms with Crippen molar-refractivity contribution in [2.24, 2.45) is 0 Å². The smallest absolute Gasteiger partial charge is 0.243 e. The molecule has 0 heterocycles. The molecule has 0 amide bonds. The molecule has 0 fully saturated rings. The number of nitrogens with zero attached hydrogens (tertiary/aromatic N) is 1. The van der Waals surface area contributed by atoms with E-state index in [-0.39, 0.29) is 5.70 Å². The summed E-state index contributed by atoms with van der Waals surface area (Å²) in [7, 11) is 3.06. The van der Waals surface area contributed by atoms with Gasteiger partial charge in [-0.1, -0.05) is 0 Å². The molecule has 0 bridgehead atoms. The molecule has 1 rings (SSSR count). The average Bonchev–Trinajstić information content (AvgIpc) is 2.28. The van der Waals surface area contributed by atoms with E-state index in [1.165, 1.54) is 27.2 Å². The molecule has 0 aliphatic carbocycles. The van der Waals surface area contributed by atoms with E-state index >= 15 is 0 Å². The maximum Gasteiger partial charge on any atom is 0.243 e. The normalized spacial score (nSPS) is 11.1. The second-order valence-electron chi connectivity index (χ2n) is 3.19. The number of nitro groups is 1. The molecular formula is C11H13NO4. The largest absolute Gasteiger partial charge is 0.497 e. The number of ether oxygens (including phenoxy) is 2.